The van der Waals surface area contributed by atoms with Crippen molar-refractivity contribution in [2.24, 2.45) is 5.73 Å². The van der Waals surface area contributed by atoms with Gasteiger partial charge in [-0.05, 0) is 30.3 Å². The second kappa shape index (κ2) is 4.48. The first-order valence-corrected chi connectivity index (χ1v) is 4.91. The summed E-state index contributed by atoms with van der Waals surface area (Å²) in [5, 5.41) is 10.5. The maximum absolute atomic E-state index is 11.0. The summed E-state index contributed by atoms with van der Waals surface area (Å²) in [6.45, 7) is 0. The molecular weight excluding hydrogens is 218 g/mol. The Morgan fingerprint density at radius 1 is 1.18 bits per heavy atom. The summed E-state index contributed by atoms with van der Waals surface area (Å²) in [7, 11) is 0. The molecule has 0 fully saturated rings. The molecule has 6 heteroatoms. The summed E-state index contributed by atoms with van der Waals surface area (Å²) in [4.78, 5) is 11.0. The maximum atomic E-state index is 11.0. The van der Waals surface area contributed by atoms with E-state index in [9.17, 15) is 4.79 Å². The summed E-state index contributed by atoms with van der Waals surface area (Å²) in [6, 6.07) is 10.1. The van der Waals surface area contributed by atoms with Crippen LogP contribution in [0.25, 0.3) is 0 Å². The topological polar surface area (TPSA) is 107 Å². The number of benzene rings is 1. The van der Waals surface area contributed by atoms with Gasteiger partial charge in [-0.2, -0.15) is 0 Å². The molecule has 0 aliphatic rings. The van der Waals surface area contributed by atoms with Gasteiger partial charge in [-0.1, -0.05) is 6.07 Å². The molecule has 1 aromatic carbocycles. The molecule has 5 N–H and O–H groups in total. The lowest BCUT2D eigenvalue weighted by molar-refractivity contribution is 0.100. The first-order valence-electron chi connectivity index (χ1n) is 4.91. The van der Waals surface area contributed by atoms with E-state index in [0.717, 1.165) is 0 Å². The highest BCUT2D eigenvalue weighted by Gasteiger charge is 2.02. The van der Waals surface area contributed by atoms with Crippen molar-refractivity contribution in [3.63, 3.8) is 0 Å². The van der Waals surface area contributed by atoms with Crippen LogP contribution in [0.2, 0.25) is 0 Å². The van der Waals surface area contributed by atoms with Crippen molar-refractivity contribution < 1.29 is 4.79 Å². The predicted molar refractivity (Wildman–Crippen MR) is 64.7 cm³/mol. The molecule has 6 nitrogen and oxygen atoms in total. The van der Waals surface area contributed by atoms with Gasteiger partial charge in [0.05, 0.1) is 0 Å². The first kappa shape index (κ1) is 10.9. The van der Waals surface area contributed by atoms with E-state index in [1.54, 1.807) is 36.4 Å². The van der Waals surface area contributed by atoms with E-state index >= 15 is 0 Å². The lowest BCUT2D eigenvalue weighted by Gasteiger charge is -2.05. The number of hydrogen-bond donors (Lipinski definition) is 3. The predicted octanol–water partition coefficient (Wildman–Crippen LogP) is 0.901. The third-order valence-electron chi connectivity index (χ3n) is 2.10. The highest BCUT2D eigenvalue weighted by atomic mass is 16.1. The smallest absolute Gasteiger partial charge is 0.248 e. The van der Waals surface area contributed by atoms with Crippen LogP contribution >= 0.6 is 0 Å². The third kappa shape index (κ3) is 2.69. The number of amides is 1. The molecule has 1 amide bonds. The molecule has 2 aromatic rings. The van der Waals surface area contributed by atoms with Gasteiger partial charge in [-0.3, -0.25) is 4.79 Å². The number of carbonyl (C=O) groups is 1. The fourth-order valence-corrected chi connectivity index (χ4v) is 1.31. The molecule has 0 saturated heterocycles. The Morgan fingerprint density at radius 3 is 2.65 bits per heavy atom. The summed E-state index contributed by atoms with van der Waals surface area (Å²) in [5.41, 5.74) is 11.7. The summed E-state index contributed by atoms with van der Waals surface area (Å²) >= 11 is 0. The fraction of sp³-hybridized carbons (Fsp3) is 0. The Labute approximate surface area is 97.7 Å². The lowest BCUT2D eigenvalue weighted by atomic mass is 10.2. The number of nitrogens with two attached hydrogens (primary N) is 2. The van der Waals surface area contributed by atoms with Crippen LogP contribution in [0.3, 0.4) is 0 Å². The summed E-state index contributed by atoms with van der Waals surface area (Å²) in [5.74, 6) is 0.416. The average molecular weight is 229 g/mol. The number of nitrogens with zero attached hydrogens (tertiary/aromatic N) is 2. The van der Waals surface area contributed by atoms with Crippen LogP contribution in [0, 0.1) is 0 Å². The Morgan fingerprint density at radius 2 is 2.00 bits per heavy atom. The zero-order chi connectivity index (χ0) is 12.3. The van der Waals surface area contributed by atoms with Crippen molar-refractivity contribution in [1.29, 1.82) is 0 Å². The van der Waals surface area contributed by atoms with Gasteiger partial charge in [-0.25, -0.2) is 0 Å². The zero-order valence-electron chi connectivity index (χ0n) is 8.92. The minimum Gasteiger partial charge on any atom is -0.382 e. The minimum atomic E-state index is -0.475. The Bertz CT molecular complexity index is 538. The molecule has 0 aliphatic carbocycles. The van der Waals surface area contributed by atoms with Crippen molar-refractivity contribution in [2.45, 2.75) is 0 Å². The third-order valence-corrected chi connectivity index (χ3v) is 2.10. The summed E-state index contributed by atoms with van der Waals surface area (Å²) in [6.07, 6.45) is 0. The molecule has 1 heterocycles. The van der Waals surface area contributed by atoms with E-state index in [4.69, 9.17) is 11.5 Å². The maximum Gasteiger partial charge on any atom is 0.248 e. The Hall–Kier alpha value is -2.63. The number of carbonyl (C=O) groups excluding carboxylic acids is 1. The van der Waals surface area contributed by atoms with Crippen molar-refractivity contribution in [2.75, 3.05) is 11.1 Å². The van der Waals surface area contributed by atoms with Gasteiger partial charge in [0.1, 0.15) is 5.82 Å². The molecule has 0 aliphatic heterocycles. The molecule has 17 heavy (non-hydrogen) atoms. The van der Waals surface area contributed by atoms with E-state index in [2.05, 4.69) is 15.5 Å². The SMILES string of the molecule is NC(=O)c1cccc(Nc2ccc(N)nn2)c1. The molecule has 86 valence electrons. The number of nitrogen functional groups attached to an aromatic ring is 1. The van der Waals surface area contributed by atoms with E-state index < -0.39 is 5.91 Å². The molecule has 0 spiro atoms. The number of nitrogens with one attached hydrogen (secondary N) is 1. The molecule has 2 rings (SSSR count). The van der Waals surface area contributed by atoms with E-state index in [1.165, 1.54) is 0 Å². The standard InChI is InChI=1S/C11H11N5O/c12-9-4-5-10(16-15-9)14-8-3-1-2-7(6-8)11(13)17/h1-6H,(H2,12,15)(H2,13,17)(H,14,16). The number of hydrogen-bond acceptors (Lipinski definition) is 5. The van der Waals surface area contributed by atoms with Crippen molar-refractivity contribution in [3.8, 4) is 0 Å². The van der Waals surface area contributed by atoms with Gasteiger partial charge >= 0.3 is 0 Å². The van der Waals surface area contributed by atoms with Crippen LogP contribution in [0.5, 0.6) is 0 Å². The van der Waals surface area contributed by atoms with Gasteiger partial charge in [0.2, 0.25) is 5.91 Å². The molecular formula is C11H11N5O. The number of rotatable bonds is 3. The van der Waals surface area contributed by atoms with Gasteiger partial charge in [0.15, 0.2) is 5.82 Å². The van der Waals surface area contributed by atoms with Crippen LogP contribution in [0.4, 0.5) is 17.3 Å². The molecule has 0 atom stereocenters. The Kier molecular flexibility index (Phi) is 2.87. The number of anilines is 3. The highest BCUT2D eigenvalue weighted by molar-refractivity contribution is 5.93. The lowest BCUT2D eigenvalue weighted by Crippen LogP contribution is -2.10. The first-order chi connectivity index (χ1) is 8.15. The average Bonchev–Trinajstić information content (AvgIpc) is 2.32. The van der Waals surface area contributed by atoms with Gasteiger partial charge in [-0.15, -0.1) is 10.2 Å². The highest BCUT2D eigenvalue weighted by Crippen LogP contribution is 2.15. The van der Waals surface area contributed by atoms with Crippen molar-refractivity contribution in [1.82, 2.24) is 10.2 Å². The second-order valence-corrected chi connectivity index (χ2v) is 3.41. The molecule has 0 radical (unpaired) electrons. The van der Waals surface area contributed by atoms with Gasteiger partial charge in [0.25, 0.3) is 0 Å². The number of aromatic nitrogens is 2. The normalized spacial score (nSPS) is 9.88. The largest absolute Gasteiger partial charge is 0.382 e. The minimum absolute atomic E-state index is 0.349. The van der Waals surface area contributed by atoms with Crippen LogP contribution in [-0.4, -0.2) is 16.1 Å². The van der Waals surface area contributed by atoms with E-state index in [0.29, 0.717) is 22.9 Å². The van der Waals surface area contributed by atoms with Crippen LogP contribution in [0.1, 0.15) is 10.4 Å². The van der Waals surface area contributed by atoms with Crippen molar-refractivity contribution in [3.05, 3.63) is 42.0 Å². The molecule has 1 aromatic heterocycles. The van der Waals surface area contributed by atoms with Crippen LogP contribution in [-0.2, 0) is 0 Å². The van der Waals surface area contributed by atoms with E-state index in [-0.39, 0.29) is 0 Å². The quantitative estimate of drug-likeness (QED) is 0.724. The summed E-state index contributed by atoms with van der Waals surface area (Å²) < 4.78 is 0. The van der Waals surface area contributed by atoms with Crippen molar-refractivity contribution >= 4 is 23.2 Å². The second-order valence-electron chi connectivity index (χ2n) is 3.41. The van der Waals surface area contributed by atoms with E-state index in [1.807, 2.05) is 0 Å². The molecule has 0 unspecified atom stereocenters. The monoisotopic (exact) mass is 229 g/mol. The van der Waals surface area contributed by atoms with Gasteiger partial charge in [0, 0.05) is 11.3 Å². The van der Waals surface area contributed by atoms with Gasteiger partial charge < -0.3 is 16.8 Å². The van der Waals surface area contributed by atoms with Crippen LogP contribution < -0.4 is 16.8 Å². The number of primary amides is 1. The molecule has 0 saturated carbocycles. The fourth-order valence-electron chi connectivity index (χ4n) is 1.31. The van der Waals surface area contributed by atoms with Crippen LogP contribution in [0.15, 0.2) is 36.4 Å². The molecule has 0 bridgehead atoms. The zero-order valence-corrected chi connectivity index (χ0v) is 8.92. The Balaban J connectivity index is 2.21.